The average molecular weight is 374 g/mol. The lowest BCUT2D eigenvalue weighted by atomic mass is 10.1. The van der Waals surface area contributed by atoms with Crippen molar-refractivity contribution in [2.75, 3.05) is 16.3 Å². The van der Waals surface area contributed by atoms with Gasteiger partial charge in [0.15, 0.2) is 0 Å². The minimum atomic E-state index is -3.36. The Morgan fingerprint density at radius 2 is 1.85 bits per heavy atom. The Hall–Kier alpha value is -3.00. The van der Waals surface area contributed by atoms with E-state index in [-0.39, 0.29) is 5.75 Å². The third kappa shape index (κ3) is 3.97. The molecule has 0 fully saturated rings. The van der Waals surface area contributed by atoms with Gasteiger partial charge in [-0.3, -0.25) is 4.72 Å². The van der Waals surface area contributed by atoms with E-state index in [1.807, 2.05) is 0 Å². The van der Waals surface area contributed by atoms with Crippen LogP contribution in [0.3, 0.4) is 0 Å². The van der Waals surface area contributed by atoms with Gasteiger partial charge in [-0.2, -0.15) is 0 Å². The summed E-state index contributed by atoms with van der Waals surface area (Å²) in [4.78, 5) is 11.8. The van der Waals surface area contributed by atoms with Crippen LogP contribution in [0.2, 0.25) is 0 Å². The van der Waals surface area contributed by atoms with Crippen molar-refractivity contribution in [3.63, 3.8) is 0 Å². The number of anilines is 2. The Bertz CT molecular complexity index is 1140. The molecule has 0 aliphatic rings. The molecular weight excluding hydrogens is 356 g/mol. The minimum absolute atomic E-state index is 0.0605. The fourth-order valence-corrected chi connectivity index (χ4v) is 3.22. The number of rotatable bonds is 5. The lowest BCUT2D eigenvalue weighted by molar-refractivity contribution is 0.468. The molecule has 0 amide bonds. The summed E-state index contributed by atoms with van der Waals surface area (Å²) in [6.45, 7) is 2.01. The fourth-order valence-electron chi connectivity index (χ4n) is 2.67. The van der Waals surface area contributed by atoms with Crippen LogP contribution in [0, 0.1) is 6.92 Å². The first-order valence-electron chi connectivity index (χ1n) is 7.80. The number of phenolic OH excluding ortho intramolecular Hbond substituents is 1. The zero-order chi connectivity index (χ0) is 18.9. The first kappa shape index (κ1) is 17.8. The van der Waals surface area contributed by atoms with Gasteiger partial charge in [-0.15, -0.1) is 0 Å². The molecule has 0 spiro atoms. The van der Waals surface area contributed by atoms with Crippen LogP contribution in [-0.2, 0) is 16.6 Å². The molecule has 0 saturated heterocycles. The monoisotopic (exact) mass is 374 g/mol. The van der Waals surface area contributed by atoms with E-state index < -0.39 is 15.6 Å². The standard InChI is InChI=1S/C18H18N2O5S/c1-11-16(21)7-6-15-12(8-17(22)25-18(11)15)10-19-13-4-3-5-14(9-13)20-26(2,23)24/h3-9,19-21H,10H2,1-2H3. The van der Waals surface area contributed by atoms with Crippen molar-refractivity contribution in [1.82, 2.24) is 0 Å². The van der Waals surface area contributed by atoms with Crippen molar-refractivity contribution in [1.29, 1.82) is 0 Å². The van der Waals surface area contributed by atoms with E-state index in [0.29, 0.717) is 34.6 Å². The molecule has 26 heavy (non-hydrogen) atoms. The molecule has 3 N–H and O–H groups in total. The quantitative estimate of drug-likeness (QED) is 0.593. The molecular formula is C18H18N2O5S. The number of sulfonamides is 1. The van der Waals surface area contributed by atoms with Crippen LogP contribution >= 0.6 is 0 Å². The summed E-state index contributed by atoms with van der Waals surface area (Å²) < 4.78 is 30.3. The molecule has 136 valence electrons. The van der Waals surface area contributed by atoms with Crippen molar-refractivity contribution in [2.45, 2.75) is 13.5 Å². The largest absolute Gasteiger partial charge is 0.508 e. The zero-order valence-corrected chi connectivity index (χ0v) is 15.1. The van der Waals surface area contributed by atoms with E-state index in [1.54, 1.807) is 43.3 Å². The summed E-state index contributed by atoms with van der Waals surface area (Å²) in [5.74, 6) is 0.0605. The Kier molecular flexibility index (Phi) is 4.60. The van der Waals surface area contributed by atoms with Crippen LogP contribution in [0.1, 0.15) is 11.1 Å². The molecule has 8 heteroatoms. The summed E-state index contributed by atoms with van der Waals surface area (Å²) in [5, 5.41) is 13.7. The summed E-state index contributed by atoms with van der Waals surface area (Å²) >= 11 is 0. The molecule has 0 aliphatic heterocycles. The average Bonchev–Trinajstić information content (AvgIpc) is 2.55. The Labute approximate surface area is 150 Å². The van der Waals surface area contributed by atoms with Crippen molar-refractivity contribution in [2.24, 2.45) is 0 Å². The summed E-state index contributed by atoms with van der Waals surface area (Å²) in [6, 6.07) is 11.5. The zero-order valence-electron chi connectivity index (χ0n) is 14.2. The second kappa shape index (κ2) is 6.72. The lowest BCUT2D eigenvalue weighted by Gasteiger charge is -2.11. The maximum atomic E-state index is 11.8. The van der Waals surface area contributed by atoms with E-state index >= 15 is 0 Å². The van der Waals surface area contributed by atoms with Crippen LogP contribution in [-0.4, -0.2) is 19.8 Å². The van der Waals surface area contributed by atoms with E-state index in [1.165, 1.54) is 6.07 Å². The second-order valence-electron chi connectivity index (χ2n) is 5.99. The van der Waals surface area contributed by atoms with E-state index in [9.17, 15) is 18.3 Å². The second-order valence-corrected chi connectivity index (χ2v) is 7.73. The molecule has 3 aromatic rings. The maximum Gasteiger partial charge on any atom is 0.336 e. The highest BCUT2D eigenvalue weighted by atomic mass is 32.2. The summed E-state index contributed by atoms with van der Waals surface area (Å²) in [5.41, 5.74) is 2.19. The van der Waals surface area contributed by atoms with Crippen LogP contribution in [0.4, 0.5) is 11.4 Å². The molecule has 0 bridgehead atoms. The Morgan fingerprint density at radius 1 is 1.12 bits per heavy atom. The van der Waals surface area contributed by atoms with Gasteiger partial charge in [0, 0.05) is 29.2 Å². The van der Waals surface area contributed by atoms with E-state index in [4.69, 9.17) is 4.42 Å². The summed E-state index contributed by atoms with van der Waals surface area (Å²) in [7, 11) is -3.36. The van der Waals surface area contributed by atoms with Gasteiger partial charge in [-0.05, 0) is 42.8 Å². The molecule has 3 rings (SSSR count). The highest BCUT2D eigenvalue weighted by molar-refractivity contribution is 7.92. The normalized spacial score (nSPS) is 11.5. The molecule has 0 saturated carbocycles. The van der Waals surface area contributed by atoms with E-state index in [2.05, 4.69) is 10.0 Å². The molecule has 0 atom stereocenters. The van der Waals surface area contributed by atoms with Gasteiger partial charge in [-0.25, -0.2) is 13.2 Å². The number of fused-ring (bicyclic) bond motifs is 1. The molecule has 0 unspecified atom stereocenters. The third-order valence-electron chi connectivity index (χ3n) is 3.87. The summed E-state index contributed by atoms with van der Waals surface area (Å²) in [6.07, 6.45) is 1.08. The number of aryl methyl sites for hydroxylation is 1. The van der Waals surface area contributed by atoms with Gasteiger partial charge in [-0.1, -0.05) is 6.07 Å². The first-order valence-corrected chi connectivity index (χ1v) is 9.69. The van der Waals surface area contributed by atoms with Gasteiger partial charge < -0.3 is 14.8 Å². The molecule has 0 aliphatic carbocycles. The SMILES string of the molecule is Cc1c(O)ccc2c(CNc3cccc(NS(C)(=O)=O)c3)cc(=O)oc12. The van der Waals surface area contributed by atoms with Crippen molar-refractivity contribution in [3.05, 3.63) is 64.0 Å². The number of hydrogen-bond donors (Lipinski definition) is 3. The van der Waals surface area contributed by atoms with Crippen LogP contribution in [0.15, 0.2) is 51.7 Å². The smallest absolute Gasteiger partial charge is 0.336 e. The van der Waals surface area contributed by atoms with Crippen molar-refractivity contribution < 1.29 is 17.9 Å². The lowest BCUT2D eigenvalue weighted by Crippen LogP contribution is -2.10. The maximum absolute atomic E-state index is 11.8. The predicted molar refractivity (Wildman–Crippen MR) is 101 cm³/mol. The number of phenols is 1. The van der Waals surface area contributed by atoms with Crippen molar-refractivity contribution in [3.8, 4) is 5.75 Å². The van der Waals surface area contributed by atoms with Gasteiger partial charge in [0.2, 0.25) is 10.0 Å². The van der Waals surface area contributed by atoms with Crippen molar-refractivity contribution >= 4 is 32.4 Å². The first-order chi connectivity index (χ1) is 12.2. The Morgan fingerprint density at radius 3 is 2.58 bits per heavy atom. The van der Waals surface area contributed by atoms with Crippen LogP contribution in [0.5, 0.6) is 5.75 Å². The van der Waals surface area contributed by atoms with Gasteiger partial charge in [0.05, 0.1) is 11.9 Å². The number of benzene rings is 2. The van der Waals surface area contributed by atoms with Gasteiger partial charge in [0.25, 0.3) is 0 Å². The highest BCUT2D eigenvalue weighted by Gasteiger charge is 2.11. The third-order valence-corrected chi connectivity index (χ3v) is 4.47. The van der Waals surface area contributed by atoms with Gasteiger partial charge in [0.1, 0.15) is 11.3 Å². The number of hydrogen-bond acceptors (Lipinski definition) is 6. The molecule has 0 radical (unpaired) electrons. The fraction of sp³-hybridized carbons (Fsp3) is 0.167. The Balaban J connectivity index is 1.90. The molecule has 1 aromatic heterocycles. The number of nitrogens with one attached hydrogen (secondary N) is 2. The number of aromatic hydroxyl groups is 1. The highest BCUT2D eigenvalue weighted by Crippen LogP contribution is 2.28. The van der Waals surface area contributed by atoms with Crippen LogP contribution < -0.4 is 15.7 Å². The molecule has 7 nitrogen and oxygen atoms in total. The van der Waals surface area contributed by atoms with Crippen LogP contribution in [0.25, 0.3) is 11.0 Å². The molecule has 1 heterocycles. The topological polar surface area (TPSA) is 109 Å². The van der Waals surface area contributed by atoms with E-state index in [0.717, 1.165) is 11.6 Å². The minimum Gasteiger partial charge on any atom is -0.508 e. The van der Waals surface area contributed by atoms with Gasteiger partial charge >= 0.3 is 5.63 Å². The molecule has 2 aromatic carbocycles. The predicted octanol–water partition coefficient (Wildman–Crippen LogP) is 2.79.